The molecule has 3 unspecified atom stereocenters. The number of likely N-dealkylation sites (tertiary alicyclic amines) is 1. The van der Waals surface area contributed by atoms with Crippen LogP contribution in [0.1, 0.15) is 13.3 Å². The number of hydrogen-bond donors (Lipinski definition) is 1. The molecule has 4 nitrogen and oxygen atoms in total. The summed E-state index contributed by atoms with van der Waals surface area (Å²) < 4.78 is 0. The van der Waals surface area contributed by atoms with Crippen LogP contribution in [-0.4, -0.2) is 79.6 Å². The fourth-order valence-corrected chi connectivity index (χ4v) is 3.12. The number of nitrogens with two attached hydrogens (primary N) is 1. The molecule has 0 aromatic rings. The van der Waals surface area contributed by atoms with Gasteiger partial charge >= 0.3 is 0 Å². The van der Waals surface area contributed by atoms with Crippen molar-refractivity contribution in [1.82, 2.24) is 14.7 Å². The summed E-state index contributed by atoms with van der Waals surface area (Å²) >= 11 is 0. The minimum absolute atomic E-state index is 0.558. The third kappa shape index (κ3) is 2.40. The lowest BCUT2D eigenvalue weighted by molar-refractivity contribution is 0.0595. The Balaban J connectivity index is 1.97. The first-order valence-corrected chi connectivity index (χ1v) is 6.46. The predicted molar refractivity (Wildman–Crippen MR) is 67.5 cm³/mol. The third-order valence-corrected chi connectivity index (χ3v) is 4.34. The SMILES string of the molecule is CC1CC(N2CCN(C)CC2CN)CN1C. The molecule has 4 heteroatoms. The molecule has 0 spiro atoms. The van der Waals surface area contributed by atoms with Gasteiger partial charge in [-0.25, -0.2) is 0 Å². The van der Waals surface area contributed by atoms with Crippen LogP contribution in [-0.2, 0) is 0 Å². The molecule has 2 aliphatic rings. The molecule has 2 aliphatic heterocycles. The zero-order valence-corrected chi connectivity index (χ0v) is 10.9. The average Bonchev–Trinajstić information content (AvgIpc) is 2.59. The van der Waals surface area contributed by atoms with Crippen LogP contribution in [0.2, 0.25) is 0 Å². The van der Waals surface area contributed by atoms with Gasteiger partial charge in [0.25, 0.3) is 0 Å². The second-order valence-electron chi connectivity index (χ2n) is 5.57. The number of rotatable bonds is 2. The minimum atomic E-state index is 0.558. The Bertz CT molecular complexity index is 223. The van der Waals surface area contributed by atoms with Gasteiger partial charge in [0.1, 0.15) is 0 Å². The summed E-state index contributed by atoms with van der Waals surface area (Å²) in [6, 6.07) is 2.01. The highest BCUT2D eigenvalue weighted by Crippen LogP contribution is 2.23. The van der Waals surface area contributed by atoms with Gasteiger partial charge in [0.2, 0.25) is 0 Å². The van der Waals surface area contributed by atoms with Crippen molar-refractivity contribution in [2.24, 2.45) is 5.73 Å². The molecule has 0 saturated carbocycles. The quantitative estimate of drug-likeness (QED) is 0.698. The number of likely N-dealkylation sites (N-methyl/N-ethyl adjacent to an activating group) is 2. The van der Waals surface area contributed by atoms with E-state index in [1.54, 1.807) is 0 Å². The first-order valence-electron chi connectivity index (χ1n) is 6.46. The van der Waals surface area contributed by atoms with E-state index >= 15 is 0 Å². The lowest BCUT2D eigenvalue weighted by Gasteiger charge is -2.42. The highest BCUT2D eigenvalue weighted by molar-refractivity contribution is 4.93. The van der Waals surface area contributed by atoms with Crippen molar-refractivity contribution in [1.29, 1.82) is 0 Å². The Labute approximate surface area is 99.4 Å². The van der Waals surface area contributed by atoms with Gasteiger partial charge in [-0.2, -0.15) is 0 Å². The van der Waals surface area contributed by atoms with Gasteiger partial charge in [-0.3, -0.25) is 4.90 Å². The van der Waals surface area contributed by atoms with Crippen LogP contribution in [0.4, 0.5) is 0 Å². The first kappa shape index (κ1) is 12.3. The Morgan fingerprint density at radius 1 is 1.19 bits per heavy atom. The zero-order chi connectivity index (χ0) is 11.7. The number of hydrogen-bond acceptors (Lipinski definition) is 4. The number of piperazine rings is 1. The van der Waals surface area contributed by atoms with Crippen molar-refractivity contribution in [3.63, 3.8) is 0 Å². The van der Waals surface area contributed by atoms with Gasteiger partial charge in [-0.05, 0) is 27.4 Å². The molecule has 16 heavy (non-hydrogen) atoms. The lowest BCUT2D eigenvalue weighted by atomic mass is 10.1. The van der Waals surface area contributed by atoms with Crippen molar-refractivity contribution < 1.29 is 0 Å². The van der Waals surface area contributed by atoms with Crippen LogP contribution in [0.15, 0.2) is 0 Å². The van der Waals surface area contributed by atoms with E-state index in [1.165, 1.54) is 26.1 Å². The van der Waals surface area contributed by atoms with Gasteiger partial charge in [-0.1, -0.05) is 0 Å². The summed E-state index contributed by atoms with van der Waals surface area (Å²) in [7, 11) is 4.43. The largest absolute Gasteiger partial charge is 0.329 e. The van der Waals surface area contributed by atoms with Crippen molar-refractivity contribution in [2.75, 3.05) is 46.8 Å². The van der Waals surface area contributed by atoms with Crippen LogP contribution < -0.4 is 5.73 Å². The van der Waals surface area contributed by atoms with E-state index in [9.17, 15) is 0 Å². The molecule has 0 aromatic heterocycles. The molecule has 2 rings (SSSR count). The van der Waals surface area contributed by atoms with E-state index in [1.807, 2.05) is 0 Å². The van der Waals surface area contributed by atoms with Gasteiger partial charge in [-0.15, -0.1) is 0 Å². The Hall–Kier alpha value is -0.160. The molecule has 0 radical (unpaired) electrons. The molecule has 0 aliphatic carbocycles. The molecule has 0 aromatic carbocycles. The second-order valence-corrected chi connectivity index (χ2v) is 5.57. The van der Waals surface area contributed by atoms with Crippen LogP contribution in [0.25, 0.3) is 0 Å². The van der Waals surface area contributed by atoms with Crippen LogP contribution in [0.3, 0.4) is 0 Å². The van der Waals surface area contributed by atoms with Gasteiger partial charge in [0.05, 0.1) is 0 Å². The van der Waals surface area contributed by atoms with E-state index in [-0.39, 0.29) is 0 Å². The summed E-state index contributed by atoms with van der Waals surface area (Å²) in [5.41, 5.74) is 5.91. The van der Waals surface area contributed by atoms with E-state index in [0.717, 1.165) is 25.2 Å². The normalized spacial score (nSPS) is 39.4. The highest BCUT2D eigenvalue weighted by atomic mass is 15.3. The van der Waals surface area contributed by atoms with E-state index < -0.39 is 0 Å². The summed E-state index contributed by atoms with van der Waals surface area (Å²) in [6.45, 7) is 7.83. The molecule has 2 saturated heterocycles. The molecular formula is C12H26N4. The maximum Gasteiger partial charge on any atom is 0.0349 e. The van der Waals surface area contributed by atoms with Crippen molar-refractivity contribution in [2.45, 2.75) is 31.5 Å². The standard InChI is InChI=1S/C12H26N4/c1-10-6-11(9-15(10)3)16-5-4-14(2)8-12(16)7-13/h10-12H,4-9,13H2,1-3H3. The van der Waals surface area contributed by atoms with Gasteiger partial charge < -0.3 is 15.5 Å². The van der Waals surface area contributed by atoms with E-state index in [2.05, 4.69) is 35.7 Å². The predicted octanol–water partition coefficient (Wildman–Crippen LogP) is -0.346. The topological polar surface area (TPSA) is 35.7 Å². The molecular weight excluding hydrogens is 200 g/mol. The van der Waals surface area contributed by atoms with Crippen LogP contribution in [0.5, 0.6) is 0 Å². The molecule has 94 valence electrons. The molecule has 0 amide bonds. The van der Waals surface area contributed by atoms with Gasteiger partial charge in [0, 0.05) is 50.8 Å². The molecule has 3 atom stereocenters. The Kier molecular flexibility index (Phi) is 3.85. The molecule has 2 fully saturated rings. The average molecular weight is 226 g/mol. The maximum absolute atomic E-state index is 5.91. The zero-order valence-electron chi connectivity index (χ0n) is 10.9. The number of nitrogens with zero attached hydrogens (tertiary/aromatic N) is 3. The van der Waals surface area contributed by atoms with Crippen molar-refractivity contribution in [3.8, 4) is 0 Å². The van der Waals surface area contributed by atoms with E-state index in [4.69, 9.17) is 5.73 Å². The van der Waals surface area contributed by atoms with Crippen LogP contribution in [0, 0.1) is 0 Å². The Morgan fingerprint density at radius 3 is 2.50 bits per heavy atom. The van der Waals surface area contributed by atoms with Crippen molar-refractivity contribution in [3.05, 3.63) is 0 Å². The second kappa shape index (κ2) is 5.00. The van der Waals surface area contributed by atoms with Gasteiger partial charge in [0.15, 0.2) is 0 Å². The molecule has 2 N–H and O–H groups in total. The monoisotopic (exact) mass is 226 g/mol. The highest BCUT2D eigenvalue weighted by Gasteiger charge is 2.35. The van der Waals surface area contributed by atoms with E-state index in [0.29, 0.717) is 6.04 Å². The first-order chi connectivity index (χ1) is 7.61. The summed E-state index contributed by atoms with van der Waals surface area (Å²) in [5.74, 6) is 0. The summed E-state index contributed by atoms with van der Waals surface area (Å²) in [6.07, 6.45) is 1.30. The fourth-order valence-electron chi connectivity index (χ4n) is 3.12. The lowest BCUT2D eigenvalue weighted by Crippen LogP contribution is -2.58. The minimum Gasteiger partial charge on any atom is -0.329 e. The summed E-state index contributed by atoms with van der Waals surface area (Å²) in [4.78, 5) is 7.52. The Morgan fingerprint density at radius 2 is 1.94 bits per heavy atom. The maximum atomic E-state index is 5.91. The van der Waals surface area contributed by atoms with Crippen LogP contribution >= 0.6 is 0 Å². The molecule has 2 heterocycles. The molecule has 0 bridgehead atoms. The van der Waals surface area contributed by atoms with Crippen molar-refractivity contribution >= 4 is 0 Å². The smallest absolute Gasteiger partial charge is 0.0349 e. The summed E-state index contributed by atoms with van der Waals surface area (Å²) in [5, 5.41) is 0. The fraction of sp³-hybridized carbons (Fsp3) is 1.00. The third-order valence-electron chi connectivity index (χ3n) is 4.34.